The topological polar surface area (TPSA) is 4.93 Å². The van der Waals surface area contributed by atoms with Gasteiger partial charge in [0.25, 0.3) is 0 Å². The van der Waals surface area contributed by atoms with E-state index in [1.165, 1.54) is 86.7 Å². The van der Waals surface area contributed by atoms with Gasteiger partial charge in [-0.1, -0.05) is 145 Å². The van der Waals surface area contributed by atoms with Crippen molar-refractivity contribution in [1.29, 1.82) is 0 Å². The molecule has 7 aromatic carbocycles. The van der Waals surface area contributed by atoms with Crippen molar-refractivity contribution in [3.63, 3.8) is 0 Å². The third-order valence-electron chi connectivity index (χ3n) is 10.9. The van der Waals surface area contributed by atoms with E-state index in [4.69, 9.17) is 0 Å². The van der Waals surface area contributed by atoms with Crippen molar-refractivity contribution < 1.29 is 0 Å². The van der Waals surface area contributed by atoms with Crippen LogP contribution < -0.4 is 0 Å². The summed E-state index contributed by atoms with van der Waals surface area (Å²) in [5.74, 6) is 0. The van der Waals surface area contributed by atoms with Gasteiger partial charge in [-0.25, -0.2) is 0 Å². The summed E-state index contributed by atoms with van der Waals surface area (Å²) in [6.07, 6.45) is 6.90. The van der Waals surface area contributed by atoms with Crippen LogP contribution >= 0.6 is 11.8 Å². The average molecular weight is 616 g/mol. The van der Waals surface area contributed by atoms with E-state index >= 15 is 0 Å². The van der Waals surface area contributed by atoms with Crippen LogP contribution in [-0.4, -0.2) is 4.57 Å². The van der Waals surface area contributed by atoms with Gasteiger partial charge in [0, 0.05) is 25.9 Å². The fourth-order valence-electron chi connectivity index (χ4n) is 9.15. The zero-order valence-electron chi connectivity index (χ0n) is 25.7. The Balaban J connectivity index is 1.37. The van der Waals surface area contributed by atoms with Gasteiger partial charge in [0.15, 0.2) is 0 Å². The van der Waals surface area contributed by atoms with Crippen LogP contribution in [-0.2, 0) is 5.41 Å². The summed E-state index contributed by atoms with van der Waals surface area (Å²) in [4.78, 5) is 2.72. The maximum atomic E-state index is 2.59. The lowest BCUT2D eigenvalue weighted by Crippen LogP contribution is -2.33. The van der Waals surface area contributed by atoms with Crippen LogP contribution in [0.25, 0.3) is 54.6 Å². The number of aromatic nitrogens is 1. The molecule has 0 radical (unpaired) electrons. The molecule has 47 heavy (non-hydrogen) atoms. The number of nitrogens with zero attached hydrogens (tertiary/aromatic N) is 1. The lowest BCUT2D eigenvalue weighted by molar-refractivity contribution is 0.665. The molecule has 0 saturated heterocycles. The SMILES string of the molecule is C1=CC2=C(CC1)C1(c3ccccc3Sc3c1ccc1c4c5ccccc5ccc4n(-c4cccc5ccccc45)c31)c1ccccc12. The van der Waals surface area contributed by atoms with Gasteiger partial charge < -0.3 is 4.57 Å². The Labute approximate surface area is 277 Å². The summed E-state index contributed by atoms with van der Waals surface area (Å²) in [6, 6.07) is 52.4. The van der Waals surface area contributed by atoms with E-state index < -0.39 is 0 Å². The molecule has 0 saturated carbocycles. The molecule has 1 aliphatic heterocycles. The van der Waals surface area contributed by atoms with E-state index in [0.717, 1.165) is 12.8 Å². The number of fused-ring (bicyclic) bond motifs is 15. The molecule has 2 heterocycles. The van der Waals surface area contributed by atoms with Crippen molar-refractivity contribution in [2.75, 3.05) is 0 Å². The molecule has 8 aromatic rings. The summed E-state index contributed by atoms with van der Waals surface area (Å²) < 4.78 is 2.59. The molecule has 1 unspecified atom stereocenters. The third kappa shape index (κ3) is 3.21. The Morgan fingerprint density at radius 3 is 2.23 bits per heavy atom. The number of rotatable bonds is 1. The molecule has 0 bridgehead atoms. The molecular formula is C45H29NS. The Kier molecular flexibility index (Phi) is 5.15. The van der Waals surface area contributed by atoms with Crippen LogP contribution in [0.2, 0.25) is 0 Å². The normalized spacial score (nSPS) is 17.9. The van der Waals surface area contributed by atoms with Crippen LogP contribution in [0.3, 0.4) is 0 Å². The van der Waals surface area contributed by atoms with Crippen LogP contribution in [0, 0.1) is 0 Å². The van der Waals surface area contributed by atoms with Crippen LogP contribution in [0.1, 0.15) is 35.1 Å². The molecule has 1 spiro atoms. The van der Waals surface area contributed by atoms with Crippen molar-refractivity contribution in [1.82, 2.24) is 4.57 Å². The van der Waals surface area contributed by atoms with Gasteiger partial charge in [-0.15, -0.1) is 0 Å². The van der Waals surface area contributed by atoms with E-state index in [9.17, 15) is 0 Å². The zero-order valence-corrected chi connectivity index (χ0v) is 26.5. The minimum absolute atomic E-state index is 0.329. The molecule has 0 amide bonds. The van der Waals surface area contributed by atoms with E-state index in [0.29, 0.717) is 0 Å². The minimum Gasteiger partial charge on any atom is -0.307 e. The van der Waals surface area contributed by atoms with Gasteiger partial charge in [0.2, 0.25) is 0 Å². The zero-order chi connectivity index (χ0) is 30.7. The predicted molar refractivity (Wildman–Crippen MR) is 198 cm³/mol. The highest BCUT2D eigenvalue weighted by Crippen LogP contribution is 2.64. The first-order valence-corrected chi connectivity index (χ1v) is 17.4. The first-order chi connectivity index (χ1) is 23.3. The maximum absolute atomic E-state index is 2.59. The minimum atomic E-state index is -0.329. The lowest BCUT2D eigenvalue weighted by atomic mass is 9.65. The standard InChI is InChI=1S/C45H29NS/c1-3-15-30-28(12-1)14-11-22-39(30)46-40-27-24-29-13-2-4-16-31(29)42(40)34-25-26-38-44(43(34)46)47-41-23-10-9-21-37(41)45(38)35-19-7-5-17-32(35)33-18-6-8-20-36(33)45/h1-7,9-19,21-27H,8,20H2. The van der Waals surface area contributed by atoms with Crippen molar-refractivity contribution in [3.8, 4) is 5.69 Å². The van der Waals surface area contributed by atoms with E-state index in [-0.39, 0.29) is 5.41 Å². The largest absolute Gasteiger partial charge is 0.307 e. The first kappa shape index (κ1) is 25.8. The monoisotopic (exact) mass is 615 g/mol. The molecule has 3 aliphatic rings. The fourth-order valence-corrected chi connectivity index (χ4v) is 10.5. The van der Waals surface area contributed by atoms with Crippen molar-refractivity contribution in [2.24, 2.45) is 0 Å². The smallest absolute Gasteiger partial charge is 0.0699 e. The van der Waals surface area contributed by atoms with Crippen LogP contribution in [0.4, 0.5) is 0 Å². The molecule has 1 nitrogen and oxygen atoms in total. The Hall–Kier alpha value is -5.31. The summed E-state index contributed by atoms with van der Waals surface area (Å²) in [5.41, 5.74) is 12.1. The van der Waals surface area contributed by atoms with E-state index in [1.807, 2.05) is 11.8 Å². The van der Waals surface area contributed by atoms with Crippen molar-refractivity contribution in [2.45, 2.75) is 28.0 Å². The molecule has 0 N–H and O–H groups in total. The highest BCUT2D eigenvalue weighted by molar-refractivity contribution is 7.99. The van der Waals surface area contributed by atoms with Crippen LogP contribution in [0.5, 0.6) is 0 Å². The molecule has 0 fully saturated rings. The molecule has 11 rings (SSSR count). The second-order valence-corrected chi connectivity index (χ2v) is 14.1. The van der Waals surface area contributed by atoms with E-state index in [1.54, 1.807) is 5.57 Å². The summed E-state index contributed by atoms with van der Waals surface area (Å²) in [6.45, 7) is 0. The number of benzene rings is 7. The summed E-state index contributed by atoms with van der Waals surface area (Å²) in [5, 5.41) is 7.75. The van der Waals surface area contributed by atoms with Gasteiger partial charge in [-0.2, -0.15) is 0 Å². The van der Waals surface area contributed by atoms with Gasteiger partial charge in [0.05, 0.1) is 22.1 Å². The second-order valence-electron chi connectivity index (χ2n) is 13.1. The summed E-state index contributed by atoms with van der Waals surface area (Å²) in [7, 11) is 0. The Morgan fingerprint density at radius 2 is 1.32 bits per heavy atom. The highest BCUT2D eigenvalue weighted by atomic mass is 32.2. The van der Waals surface area contributed by atoms with Crippen molar-refractivity contribution >= 4 is 60.7 Å². The summed E-state index contributed by atoms with van der Waals surface area (Å²) >= 11 is 1.96. The molecule has 2 heteroatoms. The van der Waals surface area contributed by atoms with Gasteiger partial charge >= 0.3 is 0 Å². The first-order valence-electron chi connectivity index (χ1n) is 16.6. The molecule has 1 aromatic heterocycles. The highest BCUT2D eigenvalue weighted by Gasteiger charge is 2.51. The quantitative estimate of drug-likeness (QED) is 0.178. The van der Waals surface area contributed by atoms with Crippen LogP contribution in [0.15, 0.2) is 167 Å². The Morgan fingerprint density at radius 1 is 0.574 bits per heavy atom. The van der Waals surface area contributed by atoms with Gasteiger partial charge in [-0.05, 0) is 80.6 Å². The molecule has 220 valence electrons. The number of allylic oxidation sites excluding steroid dienone is 4. The Bertz CT molecular complexity index is 2720. The maximum Gasteiger partial charge on any atom is 0.0699 e. The number of hydrogen-bond donors (Lipinski definition) is 0. The van der Waals surface area contributed by atoms with E-state index in [2.05, 4.69) is 156 Å². The van der Waals surface area contributed by atoms with Crippen molar-refractivity contribution in [3.05, 3.63) is 180 Å². The average Bonchev–Trinajstić information content (AvgIpc) is 3.63. The number of hydrogen-bond acceptors (Lipinski definition) is 1. The van der Waals surface area contributed by atoms with Gasteiger partial charge in [-0.3, -0.25) is 0 Å². The molecule has 1 atom stereocenters. The second kappa shape index (κ2) is 9.37. The third-order valence-corrected chi connectivity index (χ3v) is 12.1. The fraction of sp³-hybridized carbons (Fsp3) is 0.0667. The lowest BCUT2D eigenvalue weighted by Gasteiger charge is -2.41. The molecule has 2 aliphatic carbocycles. The van der Waals surface area contributed by atoms with Gasteiger partial charge in [0.1, 0.15) is 0 Å². The molecular weight excluding hydrogens is 587 g/mol. The predicted octanol–water partition coefficient (Wildman–Crippen LogP) is 12.0.